The average Bonchev–Trinajstić information content (AvgIpc) is 2.77. The Morgan fingerprint density at radius 3 is 2.70 bits per heavy atom. The number of anilines is 1. The Balaban J connectivity index is 2.00. The molecule has 8 heteroatoms. The second-order valence-corrected chi connectivity index (χ2v) is 5.11. The van der Waals surface area contributed by atoms with Crippen LogP contribution in [-0.2, 0) is 9.59 Å². The van der Waals surface area contributed by atoms with Crippen LogP contribution < -0.4 is 5.32 Å². The van der Waals surface area contributed by atoms with E-state index < -0.39 is 11.9 Å². The van der Waals surface area contributed by atoms with Crippen LogP contribution in [0.25, 0.3) is 0 Å². The monoisotopic (exact) mass is 296 g/mol. The number of hydrogen-bond acceptors (Lipinski definition) is 5. The number of rotatable bonds is 4. The van der Waals surface area contributed by atoms with Crippen molar-refractivity contribution in [2.45, 2.75) is 0 Å². The molecule has 2 rings (SSSR count). The van der Waals surface area contributed by atoms with Gasteiger partial charge in [-0.1, -0.05) is 0 Å². The Morgan fingerprint density at radius 2 is 2.15 bits per heavy atom. The Kier molecular flexibility index (Phi) is 4.14. The predicted octanol–water partition coefficient (Wildman–Crippen LogP) is 0.562. The quantitative estimate of drug-likeness (QED) is 0.701. The molecule has 0 spiro atoms. The van der Waals surface area contributed by atoms with Crippen molar-refractivity contribution in [1.29, 1.82) is 0 Å². The van der Waals surface area contributed by atoms with Crippen LogP contribution in [0.2, 0.25) is 0 Å². The van der Waals surface area contributed by atoms with Gasteiger partial charge in [0.05, 0.1) is 22.9 Å². The number of hydrogen-bond donors (Lipinski definition) is 3. The first kappa shape index (κ1) is 14.2. The third kappa shape index (κ3) is 3.21. The number of nitrogens with one attached hydrogen (secondary N) is 1. The van der Waals surface area contributed by atoms with Gasteiger partial charge in [-0.05, 0) is 18.2 Å². The van der Waals surface area contributed by atoms with E-state index in [-0.39, 0.29) is 29.5 Å². The molecule has 0 aliphatic carbocycles. The fourth-order valence-electron chi connectivity index (χ4n) is 1.67. The van der Waals surface area contributed by atoms with Crippen LogP contribution in [0, 0.1) is 0 Å². The number of carbonyl (C=O) groups excluding carboxylic acids is 2. The van der Waals surface area contributed by atoms with E-state index in [9.17, 15) is 19.5 Å². The summed E-state index contributed by atoms with van der Waals surface area (Å²) in [5.74, 6) is -1.21. The standard InChI is InChI=1S/C12H12N2O5S/c15-9-3-7(12(18)19)1-2-8(9)13-10(16)4-14-6-20-5-11(14)17/h1-3,15H,4-6H2,(H,13,16)(H,18,19). The number of phenolic OH excluding ortho intramolecular Hbond substituents is 1. The lowest BCUT2D eigenvalue weighted by Crippen LogP contribution is -2.34. The van der Waals surface area contributed by atoms with Crippen molar-refractivity contribution in [3.63, 3.8) is 0 Å². The van der Waals surface area contributed by atoms with Crippen LogP contribution in [0.4, 0.5) is 5.69 Å². The molecule has 106 valence electrons. The average molecular weight is 296 g/mol. The Labute approximate surface area is 118 Å². The number of phenols is 1. The topological polar surface area (TPSA) is 107 Å². The van der Waals surface area contributed by atoms with Crippen molar-refractivity contribution in [1.82, 2.24) is 4.90 Å². The molecule has 1 heterocycles. The zero-order chi connectivity index (χ0) is 14.7. The number of carbonyl (C=O) groups is 3. The molecule has 0 bridgehead atoms. The normalized spacial score (nSPS) is 14.4. The van der Waals surface area contributed by atoms with E-state index in [2.05, 4.69) is 5.32 Å². The number of amides is 2. The summed E-state index contributed by atoms with van der Waals surface area (Å²) >= 11 is 1.43. The van der Waals surface area contributed by atoms with Gasteiger partial charge in [-0.15, -0.1) is 11.8 Å². The largest absolute Gasteiger partial charge is 0.506 e. The summed E-state index contributed by atoms with van der Waals surface area (Å²) in [6.07, 6.45) is 0. The van der Waals surface area contributed by atoms with Crippen molar-refractivity contribution < 1.29 is 24.6 Å². The maximum Gasteiger partial charge on any atom is 0.335 e. The highest BCUT2D eigenvalue weighted by atomic mass is 32.2. The summed E-state index contributed by atoms with van der Waals surface area (Å²) in [6, 6.07) is 3.63. The van der Waals surface area contributed by atoms with Crippen LogP contribution >= 0.6 is 11.8 Å². The molecular formula is C12H12N2O5S. The number of nitrogens with zero attached hydrogens (tertiary/aromatic N) is 1. The molecule has 1 fully saturated rings. The fraction of sp³-hybridized carbons (Fsp3) is 0.250. The van der Waals surface area contributed by atoms with Crippen molar-refractivity contribution in [2.24, 2.45) is 0 Å². The zero-order valence-electron chi connectivity index (χ0n) is 10.3. The summed E-state index contributed by atoms with van der Waals surface area (Å²) < 4.78 is 0. The van der Waals surface area contributed by atoms with Gasteiger partial charge in [-0.2, -0.15) is 0 Å². The van der Waals surface area contributed by atoms with E-state index in [1.54, 1.807) is 0 Å². The second kappa shape index (κ2) is 5.83. The molecule has 0 atom stereocenters. The minimum atomic E-state index is -1.17. The van der Waals surface area contributed by atoms with Crippen LogP contribution in [0.3, 0.4) is 0 Å². The molecule has 0 unspecified atom stereocenters. The van der Waals surface area contributed by atoms with Crippen LogP contribution in [0.5, 0.6) is 5.75 Å². The van der Waals surface area contributed by atoms with Gasteiger partial charge in [0.15, 0.2) is 0 Å². The molecule has 1 aromatic carbocycles. The van der Waals surface area contributed by atoms with Gasteiger partial charge in [0.1, 0.15) is 12.3 Å². The second-order valence-electron chi connectivity index (χ2n) is 4.15. The maximum atomic E-state index is 11.7. The molecule has 3 N–H and O–H groups in total. The number of carboxylic acid groups (broad SMARTS) is 1. The highest BCUT2D eigenvalue weighted by Gasteiger charge is 2.23. The smallest absolute Gasteiger partial charge is 0.335 e. The van der Waals surface area contributed by atoms with Crippen molar-refractivity contribution >= 4 is 35.2 Å². The third-order valence-corrected chi connectivity index (χ3v) is 3.62. The molecule has 20 heavy (non-hydrogen) atoms. The van der Waals surface area contributed by atoms with Crippen LogP contribution in [0.15, 0.2) is 18.2 Å². The first-order valence-electron chi connectivity index (χ1n) is 5.69. The van der Waals surface area contributed by atoms with Gasteiger partial charge >= 0.3 is 5.97 Å². The molecule has 2 amide bonds. The highest BCUT2D eigenvalue weighted by Crippen LogP contribution is 2.24. The van der Waals surface area contributed by atoms with E-state index in [0.717, 1.165) is 6.07 Å². The minimum absolute atomic E-state index is 0.0772. The van der Waals surface area contributed by atoms with E-state index in [4.69, 9.17) is 5.11 Å². The minimum Gasteiger partial charge on any atom is -0.506 e. The number of benzene rings is 1. The molecule has 1 saturated heterocycles. The Bertz CT molecular complexity index is 575. The summed E-state index contributed by atoms with van der Waals surface area (Å²) in [5, 5.41) is 20.8. The summed E-state index contributed by atoms with van der Waals surface area (Å²) in [4.78, 5) is 35.2. The molecule has 1 aliphatic rings. The van der Waals surface area contributed by atoms with E-state index in [1.165, 1.54) is 28.8 Å². The Morgan fingerprint density at radius 1 is 1.40 bits per heavy atom. The molecule has 0 radical (unpaired) electrons. The summed E-state index contributed by atoms with van der Waals surface area (Å²) in [6.45, 7) is -0.0913. The lowest BCUT2D eigenvalue weighted by atomic mass is 10.2. The van der Waals surface area contributed by atoms with Gasteiger partial charge in [0.2, 0.25) is 11.8 Å². The van der Waals surface area contributed by atoms with Gasteiger partial charge in [-0.3, -0.25) is 9.59 Å². The van der Waals surface area contributed by atoms with Crippen LogP contribution in [-0.4, -0.2) is 51.1 Å². The molecule has 0 saturated carbocycles. The van der Waals surface area contributed by atoms with E-state index in [1.807, 2.05) is 0 Å². The lowest BCUT2D eigenvalue weighted by molar-refractivity contribution is -0.130. The fourth-order valence-corrected chi connectivity index (χ4v) is 2.58. The maximum absolute atomic E-state index is 11.7. The molecular weight excluding hydrogens is 284 g/mol. The predicted molar refractivity (Wildman–Crippen MR) is 72.7 cm³/mol. The third-order valence-electron chi connectivity index (χ3n) is 2.68. The van der Waals surface area contributed by atoms with Crippen molar-refractivity contribution in [2.75, 3.05) is 23.5 Å². The van der Waals surface area contributed by atoms with Crippen molar-refractivity contribution in [3.05, 3.63) is 23.8 Å². The highest BCUT2D eigenvalue weighted by molar-refractivity contribution is 8.00. The summed E-state index contributed by atoms with van der Waals surface area (Å²) in [7, 11) is 0. The van der Waals surface area contributed by atoms with Gasteiger partial charge < -0.3 is 20.4 Å². The van der Waals surface area contributed by atoms with Gasteiger partial charge in [0.25, 0.3) is 0 Å². The molecule has 1 aromatic rings. The first-order chi connectivity index (χ1) is 9.47. The molecule has 7 nitrogen and oxygen atoms in total. The van der Waals surface area contributed by atoms with Crippen molar-refractivity contribution in [3.8, 4) is 5.75 Å². The Hall–Kier alpha value is -2.22. The number of aromatic hydroxyl groups is 1. The van der Waals surface area contributed by atoms with Gasteiger partial charge in [-0.25, -0.2) is 4.79 Å². The van der Waals surface area contributed by atoms with E-state index >= 15 is 0 Å². The van der Waals surface area contributed by atoms with Crippen LogP contribution in [0.1, 0.15) is 10.4 Å². The SMILES string of the molecule is O=C(CN1CSCC1=O)Nc1ccc(C(=O)O)cc1O. The molecule has 1 aliphatic heterocycles. The zero-order valence-corrected chi connectivity index (χ0v) is 11.1. The first-order valence-corrected chi connectivity index (χ1v) is 6.84. The summed E-state index contributed by atoms with van der Waals surface area (Å²) in [5.41, 5.74) is 0.0333. The van der Waals surface area contributed by atoms with Gasteiger partial charge in [0, 0.05) is 0 Å². The number of aromatic carboxylic acids is 1. The number of thioether (sulfide) groups is 1. The molecule has 0 aromatic heterocycles. The van der Waals surface area contributed by atoms with E-state index in [0.29, 0.717) is 11.6 Å². The number of carboxylic acids is 1. The lowest BCUT2D eigenvalue weighted by Gasteiger charge is -2.14.